The summed E-state index contributed by atoms with van der Waals surface area (Å²) >= 11 is 0. The molecule has 0 spiro atoms. The van der Waals surface area contributed by atoms with Crippen LogP contribution in [0, 0.1) is 11.7 Å². The van der Waals surface area contributed by atoms with Gasteiger partial charge >= 0.3 is 0 Å². The molecule has 1 aromatic carbocycles. The second kappa shape index (κ2) is 5.59. The Kier molecular flexibility index (Phi) is 4.26. The molecule has 2 atom stereocenters. The van der Waals surface area contributed by atoms with Gasteiger partial charge < -0.3 is 10.4 Å². The van der Waals surface area contributed by atoms with E-state index in [0.717, 1.165) is 30.5 Å². The average molecular weight is 265 g/mol. The smallest absolute Gasteiger partial charge is 0.123 e. The van der Waals surface area contributed by atoms with Crippen LogP contribution in [-0.2, 0) is 6.42 Å². The predicted molar refractivity (Wildman–Crippen MR) is 75.8 cm³/mol. The quantitative estimate of drug-likeness (QED) is 0.877. The van der Waals surface area contributed by atoms with Crippen molar-refractivity contribution in [3.63, 3.8) is 0 Å². The molecule has 3 heteroatoms. The molecule has 0 fully saturated rings. The Labute approximate surface area is 115 Å². The van der Waals surface area contributed by atoms with Gasteiger partial charge in [0.05, 0.1) is 5.60 Å². The highest BCUT2D eigenvalue weighted by Gasteiger charge is 2.42. The summed E-state index contributed by atoms with van der Waals surface area (Å²) in [6.07, 6.45) is 2.22. The first-order valence-electron chi connectivity index (χ1n) is 7.13. The Morgan fingerprint density at radius 2 is 2.21 bits per heavy atom. The molecule has 2 rings (SSSR count). The third-order valence-corrected chi connectivity index (χ3v) is 4.32. The number of aryl methyl sites for hydroxylation is 1. The molecule has 106 valence electrons. The Morgan fingerprint density at radius 3 is 2.84 bits per heavy atom. The summed E-state index contributed by atoms with van der Waals surface area (Å²) < 4.78 is 13.3. The molecular weight excluding hydrogens is 241 g/mol. The van der Waals surface area contributed by atoms with Gasteiger partial charge in [0.15, 0.2) is 0 Å². The van der Waals surface area contributed by atoms with Gasteiger partial charge in [-0.2, -0.15) is 0 Å². The molecular formula is C16H24FNO. The highest BCUT2D eigenvalue weighted by atomic mass is 19.1. The lowest BCUT2D eigenvalue weighted by Crippen LogP contribution is -2.44. The highest BCUT2D eigenvalue weighted by Crippen LogP contribution is 2.45. The summed E-state index contributed by atoms with van der Waals surface area (Å²) in [4.78, 5) is 0. The van der Waals surface area contributed by atoms with Crippen LogP contribution in [0.2, 0.25) is 0 Å². The van der Waals surface area contributed by atoms with Crippen LogP contribution in [0.5, 0.6) is 0 Å². The molecule has 0 amide bonds. The number of hydrogen-bond acceptors (Lipinski definition) is 2. The number of benzene rings is 1. The van der Waals surface area contributed by atoms with E-state index < -0.39 is 5.60 Å². The van der Waals surface area contributed by atoms with Crippen molar-refractivity contribution in [2.45, 2.75) is 44.6 Å². The first-order valence-corrected chi connectivity index (χ1v) is 7.13. The maximum absolute atomic E-state index is 13.3. The number of hydrogen-bond donors (Lipinski definition) is 2. The molecule has 0 radical (unpaired) electrons. The summed E-state index contributed by atoms with van der Waals surface area (Å²) in [5.41, 5.74) is 1.51. The fourth-order valence-corrected chi connectivity index (χ4v) is 3.49. The lowest BCUT2D eigenvalue weighted by atomic mass is 9.66. The van der Waals surface area contributed by atoms with E-state index in [0.29, 0.717) is 12.3 Å². The van der Waals surface area contributed by atoms with Gasteiger partial charge in [0.25, 0.3) is 0 Å². The average Bonchev–Trinajstić information content (AvgIpc) is 2.36. The van der Waals surface area contributed by atoms with E-state index in [1.807, 2.05) is 13.1 Å². The molecule has 0 saturated carbocycles. The van der Waals surface area contributed by atoms with Gasteiger partial charge in [0.1, 0.15) is 5.82 Å². The molecule has 2 N–H and O–H groups in total. The lowest BCUT2D eigenvalue weighted by molar-refractivity contribution is -0.0238. The number of nitrogens with one attached hydrogen (secondary N) is 1. The Morgan fingerprint density at radius 1 is 1.47 bits per heavy atom. The van der Waals surface area contributed by atoms with Gasteiger partial charge in [0.2, 0.25) is 0 Å². The third-order valence-electron chi connectivity index (χ3n) is 4.32. The largest absolute Gasteiger partial charge is 0.389 e. The minimum absolute atomic E-state index is 0.0881. The number of halogens is 1. The van der Waals surface area contributed by atoms with E-state index in [1.165, 1.54) is 6.07 Å². The van der Waals surface area contributed by atoms with Crippen LogP contribution < -0.4 is 5.32 Å². The fraction of sp³-hybridized carbons (Fsp3) is 0.625. The Balaban J connectivity index is 2.38. The van der Waals surface area contributed by atoms with Gasteiger partial charge in [-0.25, -0.2) is 4.39 Å². The van der Waals surface area contributed by atoms with Crippen molar-refractivity contribution in [2.75, 3.05) is 13.6 Å². The normalized spacial score (nSPS) is 26.5. The molecule has 1 aliphatic carbocycles. The van der Waals surface area contributed by atoms with Gasteiger partial charge in [-0.15, -0.1) is 0 Å². The molecule has 0 bridgehead atoms. The van der Waals surface area contributed by atoms with Crippen molar-refractivity contribution in [3.05, 3.63) is 35.1 Å². The SMILES string of the molecule is CNCC[C@]1(O)CCc2cc(F)ccc2C1C(C)C. The first kappa shape index (κ1) is 14.5. The number of aliphatic hydroxyl groups is 1. The molecule has 19 heavy (non-hydrogen) atoms. The maximum Gasteiger partial charge on any atom is 0.123 e. The predicted octanol–water partition coefficient (Wildman–Crippen LogP) is 2.85. The molecule has 0 heterocycles. The minimum atomic E-state index is -0.679. The van der Waals surface area contributed by atoms with E-state index in [2.05, 4.69) is 19.2 Å². The monoisotopic (exact) mass is 265 g/mol. The number of fused-ring (bicyclic) bond motifs is 1. The molecule has 1 aromatic rings. The van der Waals surface area contributed by atoms with Crippen LogP contribution in [0.1, 0.15) is 43.7 Å². The van der Waals surface area contributed by atoms with Crippen molar-refractivity contribution in [1.82, 2.24) is 5.32 Å². The van der Waals surface area contributed by atoms with Crippen LogP contribution in [-0.4, -0.2) is 24.3 Å². The van der Waals surface area contributed by atoms with E-state index in [9.17, 15) is 9.50 Å². The Hall–Kier alpha value is -0.930. The Bertz CT molecular complexity index is 446. The zero-order chi connectivity index (χ0) is 14.0. The fourth-order valence-electron chi connectivity index (χ4n) is 3.49. The molecule has 1 aliphatic rings. The zero-order valence-electron chi connectivity index (χ0n) is 12.0. The topological polar surface area (TPSA) is 32.3 Å². The van der Waals surface area contributed by atoms with Crippen LogP contribution in [0.25, 0.3) is 0 Å². The van der Waals surface area contributed by atoms with Crippen molar-refractivity contribution >= 4 is 0 Å². The maximum atomic E-state index is 13.3. The summed E-state index contributed by atoms with van der Waals surface area (Å²) in [6.45, 7) is 5.07. The zero-order valence-corrected chi connectivity index (χ0v) is 12.0. The van der Waals surface area contributed by atoms with Gasteiger partial charge in [-0.3, -0.25) is 0 Å². The van der Waals surface area contributed by atoms with Gasteiger partial charge in [-0.05, 0) is 62.0 Å². The summed E-state index contributed by atoms with van der Waals surface area (Å²) in [5.74, 6) is 0.249. The van der Waals surface area contributed by atoms with Crippen molar-refractivity contribution < 1.29 is 9.50 Å². The molecule has 0 saturated heterocycles. The second-order valence-electron chi connectivity index (χ2n) is 6.02. The van der Waals surface area contributed by atoms with E-state index >= 15 is 0 Å². The van der Waals surface area contributed by atoms with Gasteiger partial charge in [-0.1, -0.05) is 19.9 Å². The second-order valence-corrected chi connectivity index (χ2v) is 6.02. The summed E-state index contributed by atoms with van der Waals surface area (Å²) in [5, 5.41) is 14.1. The van der Waals surface area contributed by atoms with Crippen LogP contribution in [0.4, 0.5) is 4.39 Å². The van der Waals surface area contributed by atoms with E-state index in [4.69, 9.17) is 0 Å². The lowest BCUT2D eigenvalue weighted by Gasteiger charge is -2.43. The third kappa shape index (κ3) is 2.82. The van der Waals surface area contributed by atoms with Gasteiger partial charge in [0, 0.05) is 5.92 Å². The van der Waals surface area contributed by atoms with E-state index in [1.54, 1.807) is 6.07 Å². The summed E-state index contributed by atoms with van der Waals surface area (Å²) in [6, 6.07) is 5.00. The molecule has 1 unspecified atom stereocenters. The molecule has 0 aromatic heterocycles. The van der Waals surface area contributed by atoms with Crippen molar-refractivity contribution in [3.8, 4) is 0 Å². The molecule has 0 aliphatic heterocycles. The van der Waals surface area contributed by atoms with Crippen molar-refractivity contribution in [2.24, 2.45) is 5.92 Å². The minimum Gasteiger partial charge on any atom is -0.389 e. The van der Waals surface area contributed by atoms with Crippen LogP contribution in [0.15, 0.2) is 18.2 Å². The molecule has 2 nitrogen and oxygen atoms in total. The van der Waals surface area contributed by atoms with Crippen LogP contribution >= 0.6 is 0 Å². The highest BCUT2D eigenvalue weighted by molar-refractivity contribution is 5.36. The first-order chi connectivity index (χ1) is 8.98. The van der Waals surface area contributed by atoms with E-state index in [-0.39, 0.29) is 11.7 Å². The summed E-state index contributed by atoms with van der Waals surface area (Å²) in [7, 11) is 1.90. The van der Waals surface area contributed by atoms with Crippen LogP contribution in [0.3, 0.4) is 0 Å². The number of rotatable bonds is 4. The van der Waals surface area contributed by atoms with Crippen molar-refractivity contribution in [1.29, 1.82) is 0 Å². The standard InChI is InChI=1S/C16H24FNO/c1-11(2)15-14-5-4-13(17)10-12(14)6-7-16(15,19)8-9-18-3/h4-5,10-11,15,18-19H,6-9H2,1-3H3/t15?,16-/m1/s1.